The third kappa shape index (κ3) is 2.36. The average Bonchev–Trinajstić information content (AvgIpc) is 2.99. The highest BCUT2D eigenvalue weighted by molar-refractivity contribution is 14.1. The molecule has 4 heteroatoms. The summed E-state index contributed by atoms with van der Waals surface area (Å²) < 4.78 is 1.27. The Hall–Kier alpha value is -0.710. The topological polar surface area (TPSA) is 12.0 Å². The maximum absolute atomic E-state index is 6.48. The minimum Gasteiger partial charge on any atom is -0.378 e. The molecule has 1 aliphatic carbocycles. The maximum atomic E-state index is 6.48. The van der Waals surface area contributed by atoms with Gasteiger partial charge in [0.1, 0.15) is 0 Å². The van der Waals surface area contributed by atoms with E-state index in [0.29, 0.717) is 21.9 Å². The van der Waals surface area contributed by atoms with Gasteiger partial charge in [0.15, 0.2) is 0 Å². The molecular weight excluding hydrogens is 428 g/mol. The van der Waals surface area contributed by atoms with Crippen LogP contribution in [0.5, 0.6) is 0 Å². The van der Waals surface area contributed by atoms with Gasteiger partial charge < -0.3 is 5.32 Å². The highest BCUT2D eigenvalue weighted by Gasteiger charge is 2.38. The highest BCUT2D eigenvalue weighted by Crippen LogP contribution is 2.51. The van der Waals surface area contributed by atoms with Crippen LogP contribution in [0.15, 0.2) is 48.6 Å². The number of rotatable bonds is 1. The predicted molar refractivity (Wildman–Crippen MR) is 102 cm³/mol. The Morgan fingerprint density at radius 2 is 1.95 bits per heavy atom. The van der Waals surface area contributed by atoms with Gasteiger partial charge >= 0.3 is 0 Å². The first-order chi connectivity index (χ1) is 10.6. The van der Waals surface area contributed by atoms with Crippen LogP contribution in [0.3, 0.4) is 0 Å². The van der Waals surface area contributed by atoms with Crippen molar-refractivity contribution in [3.8, 4) is 0 Å². The first-order valence-corrected chi connectivity index (χ1v) is 9.15. The summed E-state index contributed by atoms with van der Waals surface area (Å²) in [6, 6.07) is 12.7. The predicted octanol–water partition coefficient (Wildman–Crippen LogP) is 6.42. The molecule has 0 saturated carbocycles. The van der Waals surface area contributed by atoms with Gasteiger partial charge in [-0.3, -0.25) is 0 Å². The van der Waals surface area contributed by atoms with Gasteiger partial charge in [0.05, 0.1) is 16.1 Å². The van der Waals surface area contributed by atoms with Gasteiger partial charge in [0, 0.05) is 15.2 Å². The lowest BCUT2D eigenvalue weighted by molar-refractivity contribution is 0.425. The largest absolute Gasteiger partial charge is 0.378 e. The molecule has 112 valence electrons. The first-order valence-electron chi connectivity index (χ1n) is 7.31. The van der Waals surface area contributed by atoms with E-state index in [-0.39, 0.29) is 6.04 Å². The number of halogens is 3. The molecule has 2 aliphatic rings. The van der Waals surface area contributed by atoms with Crippen LogP contribution in [0.25, 0.3) is 0 Å². The van der Waals surface area contributed by atoms with Crippen LogP contribution in [-0.2, 0) is 0 Å². The van der Waals surface area contributed by atoms with Crippen LogP contribution in [0.1, 0.15) is 29.5 Å². The second-order valence-corrected chi connectivity index (χ2v) is 7.88. The number of nitrogens with one attached hydrogen (secondary N) is 1. The summed E-state index contributed by atoms with van der Waals surface area (Å²) in [4.78, 5) is 0. The van der Waals surface area contributed by atoms with Crippen LogP contribution in [-0.4, -0.2) is 0 Å². The van der Waals surface area contributed by atoms with Crippen LogP contribution in [0.4, 0.5) is 5.69 Å². The van der Waals surface area contributed by atoms with Crippen molar-refractivity contribution in [1.82, 2.24) is 0 Å². The minimum atomic E-state index is 0.193. The molecule has 1 aliphatic heterocycles. The van der Waals surface area contributed by atoms with Crippen molar-refractivity contribution < 1.29 is 0 Å². The van der Waals surface area contributed by atoms with E-state index in [1.54, 1.807) is 0 Å². The van der Waals surface area contributed by atoms with Crippen LogP contribution < -0.4 is 5.32 Å². The van der Waals surface area contributed by atoms with Gasteiger partial charge in [0.2, 0.25) is 0 Å². The number of hydrogen-bond donors (Lipinski definition) is 1. The van der Waals surface area contributed by atoms with E-state index in [1.807, 2.05) is 12.1 Å². The van der Waals surface area contributed by atoms with E-state index in [4.69, 9.17) is 23.2 Å². The molecule has 0 unspecified atom stereocenters. The number of fused-ring (bicyclic) bond motifs is 3. The van der Waals surface area contributed by atoms with Gasteiger partial charge in [-0.15, -0.1) is 0 Å². The molecule has 1 heterocycles. The molecule has 0 radical (unpaired) electrons. The fourth-order valence-corrected chi connectivity index (χ4v) is 4.57. The minimum absolute atomic E-state index is 0.193. The van der Waals surface area contributed by atoms with Gasteiger partial charge in [-0.1, -0.05) is 47.5 Å². The zero-order valence-corrected chi connectivity index (χ0v) is 15.4. The fraction of sp³-hybridized carbons (Fsp3) is 0.222. The SMILES string of the molecule is Clc1cccc([C@@H]2Nc3ccc(I)cc3[C@H]3C=CC[C@H]32)c1Cl. The third-order valence-electron chi connectivity index (χ3n) is 4.64. The summed E-state index contributed by atoms with van der Waals surface area (Å²) >= 11 is 15.1. The quantitative estimate of drug-likeness (QED) is 0.397. The van der Waals surface area contributed by atoms with Crippen molar-refractivity contribution in [2.75, 3.05) is 5.32 Å². The number of benzene rings is 2. The third-order valence-corrected chi connectivity index (χ3v) is 6.15. The van der Waals surface area contributed by atoms with Crippen LogP contribution >= 0.6 is 45.8 Å². The molecule has 1 N–H and O–H groups in total. The molecule has 0 aromatic heterocycles. The summed E-state index contributed by atoms with van der Waals surface area (Å²) in [7, 11) is 0. The van der Waals surface area contributed by atoms with Crippen molar-refractivity contribution in [3.63, 3.8) is 0 Å². The Morgan fingerprint density at radius 3 is 2.82 bits per heavy atom. The zero-order valence-electron chi connectivity index (χ0n) is 11.7. The van der Waals surface area contributed by atoms with Crippen molar-refractivity contribution in [2.24, 2.45) is 5.92 Å². The van der Waals surface area contributed by atoms with Crippen molar-refractivity contribution in [3.05, 3.63) is 73.3 Å². The summed E-state index contributed by atoms with van der Waals surface area (Å²) in [5, 5.41) is 4.98. The average molecular weight is 442 g/mol. The lowest BCUT2D eigenvalue weighted by Gasteiger charge is -2.38. The normalized spacial score (nSPS) is 25.5. The van der Waals surface area contributed by atoms with E-state index in [0.717, 1.165) is 12.0 Å². The van der Waals surface area contributed by atoms with Gasteiger partial charge in [0.25, 0.3) is 0 Å². The van der Waals surface area contributed by atoms with Gasteiger partial charge in [-0.2, -0.15) is 0 Å². The summed E-state index contributed by atoms with van der Waals surface area (Å²) in [6.45, 7) is 0. The Labute approximate surface area is 153 Å². The molecule has 0 fully saturated rings. The Balaban J connectivity index is 1.83. The van der Waals surface area contributed by atoms with Crippen molar-refractivity contribution in [2.45, 2.75) is 18.4 Å². The number of allylic oxidation sites excluding steroid dienone is 2. The number of hydrogen-bond acceptors (Lipinski definition) is 1. The Morgan fingerprint density at radius 1 is 1.09 bits per heavy atom. The number of anilines is 1. The van der Waals surface area contributed by atoms with Crippen molar-refractivity contribution >= 4 is 51.5 Å². The zero-order chi connectivity index (χ0) is 15.3. The maximum Gasteiger partial charge on any atom is 0.0645 e. The molecule has 1 nitrogen and oxygen atoms in total. The molecule has 2 aromatic carbocycles. The Bertz CT molecular complexity index is 772. The standard InChI is InChI=1S/C18H14Cl2IN/c19-15-6-2-5-13(17(15)20)18-12-4-1-3-11(12)14-9-10(21)7-8-16(14)22-18/h1-3,5-9,11-12,18,22H,4H2/t11-,12+,18+/m0/s1. The monoisotopic (exact) mass is 441 g/mol. The lowest BCUT2D eigenvalue weighted by Crippen LogP contribution is -2.29. The van der Waals surface area contributed by atoms with E-state index in [9.17, 15) is 0 Å². The Kier molecular flexibility index (Phi) is 3.87. The fourth-order valence-electron chi connectivity index (χ4n) is 3.63. The second-order valence-electron chi connectivity index (χ2n) is 5.85. The molecule has 22 heavy (non-hydrogen) atoms. The van der Waals surface area contributed by atoms with Crippen LogP contribution in [0.2, 0.25) is 10.0 Å². The summed E-state index contributed by atoms with van der Waals surface area (Å²) in [6.07, 6.45) is 5.69. The van der Waals surface area contributed by atoms with Crippen LogP contribution in [0, 0.1) is 9.49 Å². The highest BCUT2D eigenvalue weighted by atomic mass is 127. The lowest BCUT2D eigenvalue weighted by atomic mass is 9.77. The van der Waals surface area contributed by atoms with E-state index in [2.05, 4.69) is 64.3 Å². The molecule has 0 saturated heterocycles. The smallest absolute Gasteiger partial charge is 0.0645 e. The molecule has 0 bridgehead atoms. The molecule has 4 rings (SSSR count). The second kappa shape index (κ2) is 5.73. The van der Waals surface area contributed by atoms with Gasteiger partial charge in [-0.25, -0.2) is 0 Å². The van der Waals surface area contributed by atoms with E-state index in [1.165, 1.54) is 14.8 Å². The summed E-state index contributed by atoms with van der Waals surface area (Å²) in [5.74, 6) is 0.938. The molecule has 2 aromatic rings. The van der Waals surface area contributed by atoms with E-state index < -0.39 is 0 Å². The molecular formula is C18H14Cl2IN. The molecule has 3 atom stereocenters. The van der Waals surface area contributed by atoms with Gasteiger partial charge in [-0.05, 0) is 70.3 Å². The first kappa shape index (κ1) is 14.9. The summed E-state index contributed by atoms with van der Waals surface area (Å²) in [5.41, 5.74) is 3.69. The molecule has 0 amide bonds. The van der Waals surface area contributed by atoms with E-state index >= 15 is 0 Å². The van der Waals surface area contributed by atoms with Crippen molar-refractivity contribution in [1.29, 1.82) is 0 Å². The molecule has 0 spiro atoms.